The SMILES string of the molecule is O=C(Nc1ccc2c(c1)OCO2)C1CCN(C(=O)NCC2(c3ccccc3)CC2)CC1. The molecular formula is C24H27N3O4. The van der Waals surface area contributed by atoms with Crippen LogP contribution in [0.3, 0.4) is 0 Å². The molecule has 2 heterocycles. The molecule has 7 nitrogen and oxygen atoms in total. The molecule has 0 spiro atoms. The third-order valence-electron chi connectivity index (χ3n) is 6.61. The van der Waals surface area contributed by atoms with Crippen LogP contribution in [0.2, 0.25) is 0 Å². The first-order chi connectivity index (χ1) is 15.1. The van der Waals surface area contributed by atoms with Crippen molar-refractivity contribution in [2.75, 3.05) is 31.7 Å². The van der Waals surface area contributed by atoms with Crippen LogP contribution in [-0.2, 0) is 10.2 Å². The molecule has 3 amide bonds. The summed E-state index contributed by atoms with van der Waals surface area (Å²) in [6.07, 6.45) is 3.54. The van der Waals surface area contributed by atoms with Crippen molar-refractivity contribution in [3.63, 3.8) is 0 Å². The van der Waals surface area contributed by atoms with Gasteiger partial charge in [0.2, 0.25) is 12.7 Å². The van der Waals surface area contributed by atoms with Gasteiger partial charge in [0.1, 0.15) is 0 Å². The summed E-state index contributed by atoms with van der Waals surface area (Å²) in [6.45, 7) is 2.05. The number of hydrogen-bond donors (Lipinski definition) is 2. The average Bonchev–Trinajstić information content (AvgIpc) is 3.47. The lowest BCUT2D eigenvalue weighted by Crippen LogP contribution is -2.47. The molecule has 7 heteroatoms. The second kappa shape index (κ2) is 8.13. The van der Waals surface area contributed by atoms with E-state index in [-0.39, 0.29) is 30.1 Å². The summed E-state index contributed by atoms with van der Waals surface area (Å²) in [6, 6.07) is 15.8. The Morgan fingerprint density at radius 3 is 2.48 bits per heavy atom. The van der Waals surface area contributed by atoms with E-state index in [9.17, 15) is 9.59 Å². The summed E-state index contributed by atoms with van der Waals surface area (Å²) < 4.78 is 10.7. The van der Waals surface area contributed by atoms with E-state index in [0.29, 0.717) is 49.7 Å². The molecule has 0 radical (unpaired) electrons. The van der Waals surface area contributed by atoms with Crippen molar-refractivity contribution in [2.45, 2.75) is 31.1 Å². The molecule has 0 aromatic heterocycles. The molecular weight excluding hydrogens is 394 g/mol. The summed E-state index contributed by atoms with van der Waals surface area (Å²) in [5.74, 6) is 1.22. The normalized spacial score (nSPS) is 19.0. The van der Waals surface area contributed by atoms with Crippen LogP contribution in [0.4, 0.5) is 10.5 Å². The topological polar surface area (TPSA) is 79.9 Å². The summed E-state index contributed by atoms with van der Waals surface area (Å²) in [5.41, 5.74) is 2.10. The number of hydrogen-bond acceptors (Lipinski definition) is 4. The van der Waals surface area contributed by atoms with Gasteiger partial charge in [0.25, 0.3) is 0 Å². The number of nitrogens with one attached hydrogen (secondary N) is 2. The minimum atomic E-state index is -0.103. The molecule has 1 saturated heterocycles. The van der Waals surface area contributed by atoms with Crippen molar-refractivity contribution in [2.24, 2.45) is 5.92 Å². The largest absolute Gasteiger partial charge is 0.454 e. The maximum Gasteiger partial charge on any atom is 0.317 e. The van der Waals surface area contributed by atoms with Crippen LogP contribution in [0.25, 0.3) is 0 Å². The second-order valence-electron chi connectivity index (χ2n) is 8.62. The van der Waals surface area contributed by atoms with Crippen LogP contribution in [0.5, 0.6) is 11.5 Å². The van der Waals surface area contributed by atoms with Crippen LogP contribution >= 0.6 is 0 Å². The monoisotopic (exact) mass is 421 g/mol. The molecule has 162 valence electrons. The van der Waals surface area contributed by atoms with Gasteiger partial charge in [-0.2, -0.15) is 0 Å². The van der Waals surface area contributed by atoms with Crippen molar-refractivity contribution in [1.29, 1.82) is 0 Å². The predicted octanol–water partition coefficient (Wildman–Crippen LogP) is 3.51. The molecule has 0 unspecified atom stereocenters. The van der Waals surface area contributed by atoms with E-state index < -0.39 is 0 Å². The molecule has 2 aliphatic heterocycles. The number of carbonyl (C=O) groups is 2. The van der Waals surface area contributed by atoms with Crippen LogP contribution in [0.1, 0.15) is 31.2 Å². The Morgan fingerprint density at radius 2 is 1.74 bits per heavy atom. The molecule has 0 bridgehead atoms. The van der Waals surface area contributed by atoms with Crippen molar-refractivity contribution < 1.29 is 19.1 Å². The Bertz CT molecular complexity index is 966. The van der Waals surface area contributed by atoms with E-state index in [2.05, 4.69) is 34.9 Å². The van der Waals surface area contributed by atoms with Crippen molar-refractivity contribution in [1.82, 2.24) is 10.2 Å². The zero-order chi connectivity index (χ0) is 21.3. The predicted molar refractivity (Wildman–Crippen MR) is 116 cm³/mol. The standard InChI is InChI=1S/C24H27N3O4/c28-22(26-19-6-7-20-21(14-19)31-16-30-20)17-8-12-27(13-9-17)23(29)25-15-24(10-11-24)18-4-2-1-3-5-18/h1-7,14,17H,8-13,15-16H2,(H,25,29)(H,26,28). The number of benzene rings is 2. The number of rotatable bonds is 5. The van der Waals surface area contributed by atoms with Crippen LogP contribution in [0, 0.1) is 5.92 Å². The van der Waals surface area contributed by atoms with Gasteiger partial charge in [-0.3, -0.25) is 4.79 Å². The number of fused-ring (bicyclic) bond motifs is 1. The Balaban J connectivity index is 1.09. The van der Waals surface area contributed by atoms with E-state index in [0.717, 1.165) is 12.8 Å². The molecule has 2 aromatic carbocycles. The molecule has 2 N–H and O–H groups in total. The quantitative estimate of drug-likeness (QED) is 0.774. The first kappa shape index (κ1) is 19.7. The smallest absolute Gasteiger partial charge is 0.317 e. The van der Waals surface area contributed by atoms with Crippen molar-refractivity contribution >= 4 is 17.6 Å². The zero-order valence-electron chi connectivity index (χ0n) is 17.4. The average molecular weight is 421 g/mol. The van der Waals surface area contributed by atoms with Crippen LogP contribution in [0.15, 0.2) is 48.5 Å². The number of amides is 3. The highest BCUT2D eigenvalue weighted by Gasteiger charge is 2.44. The number of anilines is 1. The Kier molecular flexibility index (Phi) is 5.18. The second-order valence-corrected chi connectivity index (χ2v) is 8.62. The van der Waals surface area contributed by atoms with Crippen LogP contribution < -0.4 is 20.1 Å². The van der Waals surface area contributed by atoms with Crippen LogP contribution in [-0.4, -0.2) is 43.3 Å². The van der Waals surface area contributed by atoms with Gasteiger partial charge >= 0.3 is 6.03 Å². The van der Waals surface area contributed by atoms with Crippen molar-refractivity contribution in [3.05, 3.63) is 54.1 Å². The summed E-state index contributed by atoms with van der Waals surface area (Å²) >= 11 is 0. The fraction of sp³-hybridized carbons (Fsp3) is 0.417. The maximum atomic E-state index is 12.7. The van der Waals surface area contributed by atoms with Gasteiger partial charge in [0.15, 0.2) is 11.5 Å². The number of likely N-dealkylation sites (tertiary alicyclic amines) is 1. The molecule has 2 fully saturated rings. The summed E-state index contributed by atoms with van der Waals surface area (Å²) in [4.78, 5) is 27.2. The van der Waals surface area contributed by atoms with Gasteiger partial charge < -0.3 is 25.0 Å². The first-order valence-electron chi connectivity index (χ1n) is 10.9. The molecule has 3 aliphatic rings. The minimum absolute atomic E-state index is 0.0139. The molecule has 1 saturated carbocycles. The number of ether oxygens (including phenoxy) is 2. The van der Waals surface area contributed by atoms with E-state index in [4.69, 9.17) is 9.47 Å². The fourth-order valence-corrected chi connectivity index (χ4v) is 4.43. The lowest BCUT2D eigenvalue weighted by Gasteiger charge is -2.32. The fourth-order valence-electron chi connectivity index (χ4n) is 4.43. The van der Waals surface area contributed by atoms with E-state index in [1.807, 2.05) is 17.0 Å². The Morgan fingerprint density at radius 1 is 1.00 bits per heavy atom. The van der Waals surface area contributed by atoms with E-state index >= 15 is 0 Å². The maximum absolute atomic E-state index is 12.7. The van der Waals surface area contributed by atoms with Gasteiger partial charge in [-0.25, -0.2) is 4.79 Å². The lowest BCUT2D eigenvalue weighted by molar-refractivity contribution is -0.121. The van der Waals surface area contributed by atoms with Gasteiger partial charge in [0, 0.05) is 42.7 Å². The van der Waals surface area contributed by atoms with Gasteiger partial charge in [-0.15, -0.1) is 0 Å². The Labute approximate surface area is 181 Å². The minimum Gasteiger partial charge on any atom is -0.454 e. The number of urea groups is 1. The number of piperidine rings is 1. The van der Waals surface area contributed by atoms with E-state index in [1.54, 1.807) is 12.1 Å². The number of nitrogens with zero attached hydrogens (tertiary/aromatic N) is 1. The van der Waals surface area contributed by atoms with Gasteiger partial charge in [-0.05, 0) is 43.4 Å². The highest BCUT2D eigenvalue weighted by molar-refractivity contribution is 5.93. The summed E-state index contributed by atoms with van der Waals surface area (Å²) in [7, 11) is 0. The van der Waals surface area contributed by atoms with Crippen molar-refractivity contribution in [3.8, 4) is 11.5 Å². The lowest BCUT2D eigenvalue weighted by atomic mass is 9.95. The number of carbonyl (C=O) groups excluding carboxylic acids is 2. The summed E-state index contributed by atoms with van der Waals surface area (Å²) in [5, 5.41) is 6.09. The highest BCUT2D eigenvalue weighted by atomic mass is 16.7. The van der Waals surface area contributed by atoms with E-state index in [1.165, 1.54) is 5.56 Å². The third-order valence-corrected chi connectivity index (χ3v) is 6.61. The molecule has 31 heavy (non-hydrogen) atoms. The molecule has 1 aliphatic carbocycles. The van der Waals surface area contributed by atoms with Gasteiger partial charge in [0.05, 0.1) is 0 Å². The first-order valence-corrected chi connectivity index (χ1v) is 10.9. The van der Waals surface area contributed by atoms with Gasteiger partial charge in [-0.1, -0.05) is 30.3 Å². The molecule has 5 rings (SSSR count). The zero-order valence-corrected chi connectivity index (χ0v) is 17.4. The molecule has 2 aromatic rings. The third kappa shape index (κ3) is 4.17. The Hall–Kier alpha value is -3.22. The molecule has 0 atom stereocenters. The highest BCUT2D eigenvalue weighted by Crippen LogP contribution is 2.47.